The van der Waals surface area contributed by atoms with Crippen LogP contribution in [0.1, 0.15) is 133 Å². The molecular weight excluding hydrogens is 356 g/mol. The quantitative estimate of drug-likeness (QED) is 0.171. The predicted octanol–water partition coefficient (Wildman–Crippen LogP) is 8.67. The maximum atomic E-state index is 12.1. The fourth-order valence-electron chi connectivity index (χ4n) is 3.82. The molecule has 0 radical (unpaired) electrons. The molecule has 0 saturated carbocycles. The first kappa shape index (κ1) is 25.7. The van der Waals surface area contributed by atoms with Crippen LogP contribution in [0.25, 0.3) is 0 Å². The standard InChI is InChI=1S/C27H46O2/c1-3-5-6-7-8-9-10-11-12-13-14-15-16-17-18-19-23-29-27(28)26-22-20-21-25(4-2)24-26/h20-22,24H,3-19,23H2,1-2H3. The van der Waals surface area contributed by atoms with E-state index in [0.29, 0.717) is 12.2 Å². The lowest BCUT2D eigenvalue weighted by molar-refractivity contribution is 0.0497. The van der Waals surface area contributed by atoms with Crippen LogP contribution in [0, 0.1) is 0 Å². The van der Waals surface area contributed by atoms with E-state index in [4.69, 9.17) is 4.74 Å². The van der Waals surface area contributed by atoms with Gasteiger partial charge in [-0.05, 0) is 30.5 Å². The molecule has 2 nitrogen and oxygen atoms in total. The molecule has 0 spiro atoms. The molecule has 0 fully saturated rings. The SMILES string of the molecule is CCCCCCCCCCCCCCCCCCOC(=O)c1cccc(CC)c1. The van der Waals surface area contributed by atoms with Crippen molar-refractivity contribution in [2.24, 2.45) is 0 Å². The third kappa shape index (κ3) is 14.3. The van der Waals surface area contributed by atoms with Crippen molar-refractivity contribution in [1.82, 2.24) is 0 Å². The van der Waals surface area contributed by atoms with E-state index < -0.39 is 0 Å². The van der Waals surface area contributed by atoms with Crippen LogP contribution >= 0.6 is 0 Å². The highest BCUT2D eigenvalue weighted by atomic mass is 16.5. The van der Waals surface area contributed by atoms with E-state index in [1.165, 1.54) is 102 Å². The molecule has 2 heteroatoms. The van der Waals surface area contributed by atoms with Crippen LogP contribution < -0.4 is 0 Å². The molecule has 0 aromatic heterocycles. The summed E-state index contributed by atoms with van der Waals surface area (Å²) in [5.74, 6) is -0.179. The van der Waals surface area contributed by atoms with Crippen molar-refractivity contribution in [3.63, 3.8) is 0 Å². The van der Waals surface area contributed by atoms with Crippen LogP contribution in [0.4, 0.5) is 0 Å². The second kappa shape index (κ2) is 18.7. The molecule has 166 valence electrons. The minimum atomic E-state index is -0.179. The molecule has 0 atom stereocenters. The van der Waals surface area contributed by atoms with Gasteiger partial charge in [-0.15, -0.1) is 0 Å². The van der Waals surface area contributed by atoms with Crippen LogP contribution in [-0.4, -0.2) is 12.6 Å². The molecule has 0 amide bonds. The third-order valence-electron chi connectivity index (χ3n) is 5.80. The maximum Gasteiger partial charge on any atom is 0.338 e. The minimum Gasteiger partial charge on any atom is -0.462 e. The van der Waals surface area contributed by atoms with E-state index in [1.807, 2.05) is 24.3 Å². The fourth-order valence-corrected chi connectivity index (χ4v) is 3.82. The van der Waals surface area contributed by atoms with Crippen LogP contribution in [0.3, 0.4) is 0 Å². The number of unbranched alkanes of at least 4 members (excludes halogenated alkanes) is 15. The summed E-state index contributed by atoms with van der Waals surface area (Å²) in [6, 6.07) is 7.77. The lowest BCUT2D eigenvalue weighted by Gasteiger charge is -2.06. The smallest absolute Gasteiger partial charge is 0.338 e. The van der Waals surface area contributed by atoms with Crippen molar-refractivity contribution in [2.45, 2.75) is 123 Å². The Labute approximate surface area is 180 Å². The normalized spacial score (nSPS) is 11.0. The zero-order valence-corrected chi connectivity index (χ0v) is 19.4. The number of benzene rings is 1. The van der Waals surface area contributed by atoms with Gasteiger partial charge in [0.05, 0.1) is 12.2 Å². The molecule has 0 aliphatic carbocycles. The number of hydrogen-bond donors (Lipinski definition) is 0. The molecule has 1 aromatic carbocycles. The lowest BCUT2D eigenvalue weighted by Crippen LogP contribution is -2.06. The molecule has 0 unspecified atom stereocenters. The summed E-state index contributed by atoms with van der Waals surface area (Å²) in [6.45, 7) is 4.93. The molecule has 1 aromatic rings. The summed E-state index contributed by atoms with van der Waals surface area (Å²) in [6.07, 6.45) is 22.7. The van der Waals surface area contributed by atoms with Crippen LogP contribution in [0.2, 0.25) is 0 Å². The number of rotatable bonds is 19. The van der Waals surface area contributed by atoms with Gasteiger partial charge >= 0.3 is 5.97 Å². The molecule has 0 saturated heterocycles. The second-order valence-corrected chi connectivity index (χ2v) is 8.49. The van der Waals surface area contributed by atoms with Gasteiger partial charge in [0, 0.05) is 0 Å². The monoisotopic (exact) mass is 402 g/mol. The first-order chi connectivity index (χ1) is 14.3. The van der Waals surface area contributed by atoms with Crippen molar-refractivity contribution in [2.75, 3.05) is 6.61 Å². The van der Waals surface area contributed by atoms with Gasteiger partial charge in [-0.25, -0.2) is 4.79 Å². The van der Waals surface area contributed by atoms with Gasteiger partial charge in [-0.1, -0.05) is 122 Å². The van der Waals surface area contributed by atoms with E-state index in [2.05, 4.69) is 13.8 Å². The Morgan fingerprint density at radius 1 is 0.690 bits per heavy atom. The Kier molecular flexibility index (Phi) is 16.6. The highest BCUT2D eigenvalue weighted by Gasteiger charge is 2.06. The van der Waals surface area contributed by atoms with Crippen molar-refractivity contribution in [3.05, 3.63) is 35.4 Å². The molecule has 0 bridgehead atoms. The third-order valence-corrected chi connectivity index (χ3v) is 5.80. The Balaban J connectivity index is 1.82. The zero-order valence-electron chi connectivity index (χ0n) is 19.4. The molecule has 29 heavy (non-hydrogen) atoms. The second-order valence-electron chi connectivity index (χ2n) is 8.49. The average Bonchev–Trinajstić information content (AvgIpc) is 2.75. The summed E-state index contributed by atoms with van der Waals surface area (Å²) in [5.41, 5.74) is 1.86. The van der Waals surface area contributed by atoms with Gasteiger partial charge in [0.15, 0.2) is 0 Å². The van der Waals surface area contributed by atoms with Gasteiger partial charge in [0.2, 0.25) is 0 Å². The van der Waals surface area contributed by atoms with Crippen LogP contribution in [-0.2, 0) is 11.2 Å². The average molecular weight is 403 g/mol. The van der Waals surface area contributed by atoms with Gasteiger partial charge < -0.3 is 4.74 Å². The molecule has 0 aliphatic rings. The van der Waals surface area contributed by atoms with Gasteiger partial charge in [-0.2, -0.15) is 0 Å². The number of carbonyl (C=O) groups excluding carboxylic acids is 1. The van der Waals surface area contributed by atoms with Gasteiger partial charge in [0.1, 0.15) is 0 Å². The molecule has 0 N–H and O–H groups in total. The van der Waals surface area contributed by atoms with E-state index in [1.54, 1.807) is 0 Å². The summed E-state index contributed by atoms with van der Waals surface area (Å²) in [5, 5.41) is 0. The summed E-state index contributed by atoms with van der Waals surface area (Å²) in [7, 11) is 0. The van der Waals surface area contributed by atoms with Gasteiger partial charge in [-0.3, -0.25) is 0 Å². The van der Waals surface area contributed by atoms with Crippen molar-refractivity contribution in [3.8, 4) is 0 Å². The molecule has 0 aliphatic heterocycles. The summed E-state index contributed by atoms with van der Waals surface area (Å²) in [4.78, 5) is 12.1. The molecular formula is C27H46O2. The highest BCUT2D eigenvalue weighted by Crippen LogP contribution is 2.14. The van der Waals surface area contributed by atoms with Crippen molar-refractivity contribution < 1.29 is 9.53 Å². The number of aryl methyl sites for hydroxylation is 1. The van der Waals surface area contributed by atoms with E-state index in [-0.39, 0.29) is 5.97 Å². The number of ether oxygens (including phenoxy) is 1. The van der Waals surface area contributed by atoms with E-state index >= 15 is 0 Å². The van der Waals surface area contributed by atoms with E-state index in [9.17, 15) is 4.79 Å². The summed E-state index contributed by atoms with van der Waals surface area (Å²) >= 11 is 0. The van der Waals surface area contributed by atoms with E-state index in [0.717, 1.165) is 12.8 Å². The lowest BCUT2D eigenvalue weighted by atomic mass is 10.0. The zero-order chi connectivity index (χ0) is 21.0. The summed E-state index contributed by atoms with van der Waals surface area (Å²) < 4.78 is 5.41. The van der Waals surface area contributed by atoms with Gasteiger partial charge in [0.25, 0.3) is 0 Å². The fraction of sp³-hybridized carbons (Fsp3) is 0.741. The Morgan fingerprint density at radius 2 is 1.17 bits per heavy atom. The van der Waals surface area contributed by atoms with Crippen molar-refractivity contribution in [1.29, 1.82) is 0 Å². The van der Waals surface area contributed by atoms with Crippen molar-refractivity contribution >= 4 is 5.97 Å². The number of esters is 1. The Hall–Kier alpha value is -1.31. The Morgan fingerprint density at radius 3 is 1.66 bits per heavy atom. The maximum absolute atomic E-state index is 12.1. The van der Waals surface area contributed by atoms with Crippen LogP contribution in [0.5, 0.6) is 0 Å². The highest BCUT2D eigenvalue weighted by molar-refractivity contribution is 5.89. The molecule has 1 rings (SSSR count). The largest absolute Gasteiger partial charge is 0.462 e. The Bertz CT molecular complexity index is 509. The molecule has 0 heterocycles. The minimum absolute atomic E-state index is 0.179. The predicted molar refractivity (Wildman–Crippen MR) is 126 cm³/mol. The number of hydrogen-bond acceptors (Lipinski definition) is 2. The topological polar surface area (TPSA) is 26.3 Å². The first-order valence-electron chi connectivity index (χ1n) is 12.5. The van der Waals surface area contributed by atoms with Crippen LogP contribution in [0.15, 0.2) is 24.3 Å². The number of carbonyl (C=O) groups is 1. The first-order valence-corrected chi connectivity index (χ1v) is 12.5.